The Bertz CT molecular complexity index is 676. The summed E-state index contributed by atoms with van der Waals surface area (Å²) in [5, 5.41) is 11.7. The van der Waals surface area contributed by atoms with Crippen LogP contribution < -0.4 is 9.47 Å². The Hall–Kier alpha value is -1.60. The van der Waals surface area contributed by atoms with Gasteiger partial charge in [0.05, 0.1) is 18.1 Å². The Morgan fingerprint density at radius 2 is 1.95 bits per heavy atom. The SMILES string of the molecule is COc1ccc(Oc2cc(Br)ccc2CBr)c([N+](=O)[O-])c1. The molecule has 0 N–H and O–H groups in total. The third-order valence-electron chi connectivity index (χ3n) is 2.76. The Balaban J connectivity index is 2.44. The van der Waals surface area contributed by atoms with Crippen LogP contribution in [0.25, 0.3) is 0 Å². The quantitative estimate of drug-likeness (QED) is 0.388. The maximum Gasteiger partial charge on any atom is 0.315 e. The first kappa shape index (κ1) is 15.8. The lowest BCUT2D eigenvalue weighted by Crippen LogP contribution is -1.96. The minimum atomic E-state index is -0.496. The highest BCUT2D eigenvalue weighted by atomic mass is 79.9. The number of nitro groups is 1. The fourth-order valence-electron chi connectivity index (χ4n) is 1.71. The first-order valence-electron chi connectivity index (χ1n) is 5.90. The van der Waals surface area contributed by atoms with Crippen LogP contribution in [0.15, 0.2) is 40.9 Å². The number of nitrogens with zero attached hydrogens (tertiary/aromatic N) is 1. The van der Waals surface area contributed by atoms with Crippen LogP contribution in [0.2, 0.25) is 0 Å². The lowest BCUT2D eigenvalue weighted by atomic mass is 10.2. The van der Waals surface area contributed by atoms with Gasteiger partial charge in [0.2, 0.25) is 5.75 Å². The molecule has 0 aliphatic heterocycles. The molecule has 2 rings (SSSR count). The van der Waals surface area contributed by atoms with Crippen LogP contribution in [0.4, 0.5) is 5.69 Å². The Morgan fingerprint density at radius 1 is 1.19 bits per heavy atom. The predicted octanol–water partition coefficient (Wildman–Crippen LogP) is 5.05. The smallest absolute Gasteiger partial charge is 0.315 e. The van der Waals surface area contributed by atoms with Gasteiger partial charge in [0.25, 0.3) is 0 Å². The molecule has 0 heterocycles. The highest BCUT2D eigenvalue weighted by molar-refractivity contribution is 9.10. The number of methoxy groups -OCH3 is 1. The molecule has 0 amide bonds. The molecule has 0 unspecified atom stereocenters. The van der Waals surface area contributed by atoms with E-state index in [0.717, 1.165) is 10.0 Å². The third-order valence-corrected chi connectivity index (χ3v) is 3.85. The van der Waals surface area contributed by atoms with E-state index < -0.39 is 4.92 Å². The van der Waals surface area contributed by atoms with Crippen molar-refractivity contribution < 1.29 is 14.4 Å². The molecule has 0 aliphatic rings. The van der Waals surface area contributed by atoms with Crippen molar-refractivity contribution >= 4 is 37.5 Å². The van der Waals surface area contributed by atoms with Crippen molar-refractivity contribution in [1.29, 1.82) is 0 Å². The second kappa shape index (κ2) is 6.91. The predicted molar refractivity (Wildman–Crippen MR) is 86.5 cm³/mol. The van der Waals surface area contributed by atoms with Crippen molar-refractivity contribution in [2.45, 2.75) is 5.33 Å². The Kier molecular flexibility index (Phi) is 5.19. The fraction of sp³-hybridized carbons (Fsp3) is 0.143. The van der Waals surface area contributed by atoms with Gasteiger partial charge < -0.3 is 9.47 Å². The van der Waals surface area contributed by atoms with Gasteiger partial charge in [-0.05, 0) is 24.3 Å². The monoisotopic (exact) mass is 415 g/mol. The number of halogens is 2. The molecule has 0 fully saturated rings. The molecule has 21 heavy (non-hydrogen) atoms. The first-order chi connectivity index (χ1) is 10.0. The van der Waals surface area contributed by atoms with Crippen molar-refractivity contribution in [3.05, 3.63) is 56.5 Å². The summed E-state index contributed by atoms with van der Waals surface area (Å²) in [7, 11) is 1.46. The number of alkyl halides is 1. The van der Waals surface area contributed by atoms with E-state index in [0.29, 0.717) is 16.8 Å². The molecular formula is C14H11Br2NO4. The molecule has 2 aromatic carbocycles. The van der Waals surface area contributed by atoms with Crippen LogP contribution in [0.3, 0.4) is 0 Å². The van der Waals surface area contributed by atoms with Crippen molar-refractivity contribution in [3.8, 4) is 17.2 Å². The summed E-state index contributed by atoms with van der Waals surface area (Å²) in [6.07, 6.45) is 0. The molecule has 0 atom stereocenters. The van der Waals surface area contributed by atoms with Crippen LogP contribution in [-0.2, 0) is 5.33 Å². The standard InChI is InChI=1S/C14H11Br2NO4/c1-20-11-4-5-13(12(7-11)17(18)19)21-14-6-10(16)3-2-9(14)8-15/h2-7H,8H2,1H3. The van der Waals surface area contributed by atoms with Gasteiger partial charge in [0.1, 0.15) is 11.5 Å². The highest BCUT2D eigenvalue weighted by Gasteiger charge is 2.18. The number of nitro benzene ring substituents is 1. The zero-order valence-corrected chi connectivity index (χ0v) is 14.2. The van der Waals surface area contributed by atoms with Crippen molar-refractivity contribution in [2.75, 3.05) is 7.11 Å². The average Bonchev–Trinajstić information content (AvgIpc) is 2.47. The van der Waals surface area contributed by atoms with Crippen molar-refractivity contribution in [1.82, 2.24) is 0 Å². The lowest BCUT2D eigenvalue weighted by molar-refractivity contribution is -0.385. The summed E-state index contributed by atoms with van der Waals surface area (Å²) >= 11 is 6.73. The van der Waals surface area contributed by atoms with E-state index in [1.54, 1.807) is 12.1 Å². The molecule has 2 aromatic rings. The number of hydrogen-bond donors (Lipinski definition) is 0. The summed E-state index contributed by atoms with van der Waals surface area (Å²) in [6.45, 7) is 0. The second-order valence-electron chi connectivity index (χ2n) is 4.08. The van der Waals surface area contributed by atoms with Gasteiger partial charge in [0.15, 0.2) is 0 Å². The first-order valence-corrected chi connectivity index (χ1v) is 7.81. The molecule has 0 aliphatic carbocycles. The highest BCUT2D eigenvalue weighted by Crippen LogP contribution is 2.37. The Labute approximate surface area is 138 Å². The van der Waals surface area contributed by atoms with E-state index in [2.05, 4.69) is 31.9 Å². The maximum absolute atomic E-state index is 11.2. The van der Waals surface area contributed by atoms with Gasteiger partial charge >= 0.3 is 5.69 Å². The lowest BCUT2D eigenvalue weighted by Gasteiger charge is -2.11. The van der Waals surface area contributed by atoms with Crippen molar-refractivity contribution in [3.63, 3.8) is 0 Å². The van der Waals surface area contributed by atoms with E-state index in [4.69, 9.17) is 9.47 Å². The van der Waals surface area contributed by atoms with E-state index in [9.17, 15) is 10.1 Å². The molecule has 110 valence electrons. The zero-order chi connectivity index (χ0) is 15.4. The minimum absolute atomic E-state index is 0.144. The van der Waals surface area contributed by atoms with E-state index >= 15 is 0 Å². The molecule has 0 aromatic heterocycles. The second-order valence-corrected chi connectivity index (χ2v) is 5.55. The van der Waals surface area contributed by atoms with E-state index in [-0.39, 0.29) is 11.4 Å². The number of hydrogen-bond acceptors (Lipinski definition) is 4. The van der Waals surface area contributed by atoms with Gasteiger partial charge in [-0.1, -0.05) is 37.9 Å². The van der Waals surface area contributed by atoms with Crippen LogP contribution in [0.1, 0.15) is 5.56 Å². The van der Waals surface area contributed by atoms with Crippen LogP contribution in [0, 0.1) is 10.1 Å². The third kappa shape index (κ3) is 3.74. The molecule has 0 saturated heterocycles. The summed E-state index contributed by atoms with van der Waals surface area (Å²) in [4.78, 5) is 10.7. The largest absolute Gasteiger partial charge is 0.496 e. The molecular weight excluding hydrogens is 406 g/mol. The summed E-state index contributed by atoms with van der Waals surface area (Å²) in [6, 6.07) is 10.0. The molecule has 0 spiro atoms. The average molecular weight is 417 g/mol. The number of benzene rings is 2. The molecule has 0 bridgehead atoms. The van der Waals surface area contributed by atoms with Gasteiger partial charge in [0, 0.05) is 15.4 Å². The van der Waals surface area contributed by atoms with Gasteiger partial charge in [-0.3, -0.25) is 10.1 Å². The fourth-order valence-corrected chi connectivity index (χ4v) is 2.51. The number of rotatable bonds is 5. The summed E-state index contributed by atoms with van der Waals surface area (Å²) in [5.41, 5.74) is 0.748. The normalized spacial score (nSPS) is 10.2. The molecule has 0 radical (unpaired) electrons. The summed E-state index contributed by atoms with van der Waals surface area (Å²) < 4.78 is 11.5. The Morgan fingerprint density at radius 3 is 2.57 bits per heavy atom. The van der Waals surface area contributed by atoms with Gasteiger partial charge in [-0.25, -0.2) is 0 Å². The molecule has 5 nitrogen and oxygen atoms in total. The molecule has 0 saturated carbocycles. The van der Waals surface area contributed by atoms with E-state index in [1.165, 1.54) is 19.2 Å². The van der Waals surface area contributed by atoms with Crippen LogP contribution in [-0.4, -0.2) is 12.0 Å². The van der Waals surface area contributed by atoms with Gasteiger partial charge in [-0.2, -0.15) is 0 Å². The topological polar surface area (TPSA) is 61.6 Å². The number of ether oxygens (including phenoxy) is 2. The van der Waals surface area contributed by atoms with Crippen molar-refractivity contribution in [2.24, 2.45) is 0 Å². The minimum Gasteiger partial charge on any atom is -0.496 e. The van der Waals surface area contributed by atoms with Gasteiger partial charge in [-0.15, -0.1) is 0 Å². The molecule has 7 heteroatoms. The zero-order valence-electron chi connectivity index (χ0n) is 11.0. The van der Waals surface area contributed by atoms with Crippen LogP contribution >= 0.6 is 31.9 Å². The summed E-state index contributed by atoms with van der Waals surface area (Å²) in [5.74, 6) is 1.12. The van der Waals surface area contributed by atoms with Crippen LogP contribution in [0.5, 0.6) is 17.2 Å². The van der Waals surface area contributed by atoms with E-state index in [1.807, 2.05) is 12.1 Å². The maximum atomic E-state index is 11.2.